The maximum Gasteiger partial charge on any atom is 0.252 e. The van der Waals surface area contributed by atoms with Crippen LogP contribution in [0.1, 0.15) is 31.4 Å². The van der Waals surface area contributed by atoms with Crippen LogP contribution in [-0.2, 0) is 6.54 Å². The van der Waals surface area contributed by atoms with Gasteiger partial charge in [0, 0.05) is 18.7 Å². The van der Waals surface area contributed by atoms with Crippen LogP contribution in [-0.4, -0.2) is 27.8 Å². The molecule has 4 rings (SSSR count). The normalized spacial score (nSPS) is 10.9. The van der Waals surface area contributed by atoms with Crippen LogP contribution in [0.4, 0.5) is 0 Å². The number of imidazole rings is 1. The zero-order valence-corrected chi connectivity index (χ0v) is 16.2. The summed E-state index contributed by atoms with van der Waals surface area (Å²) in [4.78, 5) is 30.6. The van der Waals surface area contributed by atoms with Gasteiger partial charge >= 0.3 is 0 Å². The van der Waals surface area contributed by atoms with Gasteiger partial charge in [0.05, 0.1) is 21.5 Å². The monoisotopic (exact) mass is 389 g/mol. The lowest BCUT2D eigenvalue weighted by Crippen LogP contribution is -2.28. The van der Waals surface area contributed by atoms with Gasteiger partial charge in [-0.15, -0.1) is 11.3 Å². The molecule has 0 aliphatic carbocycles. The molecule has 0 fully saturated rings. The van der Waals surface area contributed by atoms with Crippen molar-refractivity contribution in [2.45, 2.75) is 13.5 Å². The van der Waals surface area contributed by atoms with E-state index in [1.807, 2.05) is 42.6 Å². The van der Waals surface area contributed by atoms with Gasteiger partial charge in [0.2, 0.25) is 5.78 Å². The van der Waals surface area contributed by atoms with E-state index in [2.05, 4.69) is 14.9 Å². The van der Waals surface area contributed by atoms with E-state index in [9.17, 15) is 9.59 Å². The molecule has 0 aliphatic rings. The van der Waals surface area contributed by atoms with Crippen LogP contribution in [0.15, 0.2) is 66.0 Å². The van der Waals surface area contributed by atoms with Crippen LogP contribution in [0.3, 0.4) is 0 Å². The smallest absolute Gasteiger partial charge is 0.252 e. The minimum Gasteiger partial charge on any atom is -0.350 e. The molecule has 2 aromatic carbocycles. The van der Waals surface area contributed by atoms with Crippen LogP contribution in [0.25, 0.3) is 11.0 Å². The molecule has 2 aromatic heterocycles. The Labute approximate surface area is 166 Å². The first-order chi connectivity index (χ1) is 13.6. The predicted octanol–water partition coefficient (Wildman–Crippen LogP) is 4.07. The van der Waals surface area contributed by atoms with Crippen molar-refractivity contribution in [2.24, 2.45) is 0 Å². The van der Waals surface area contributed by atoms with Crippen molar-refractivity contribution >= 4 is 34.1 Å². The zero-order valence-electron chi connectivity index (χ0n) is 15.4. The Bertz CT molecular complexity index is 1150. The summed E-state index contributed by atoms with van der Waals surface area (Å²) >= 11 is 1.37. The molecule has 1 N–H and O–H groups in total. The molecule has 0 spiro atoms. The molecule has 0 saturated heterocycles. The molecule has 6 heteroatoms. The molecule has 0 atom stereocenters. The minimum absolute atomic E-state index is 0.128. The van der Waals surface area contributed by atoms with Gasteiger partial charge in [-0.3, -0.25) is 9.59 Å². The highest BCUT2D eigenvalue weighted by Crippen LogP contribution is 2.19. The molecular weight excluding hydrogens is 370 g/mol. The molecule has 0 aliphatic heterocycles. The standard InChI is InChI=1S/C22H19N3O2S/c1-15-24-18-9-4-5-10-19(18)25(15)13-12-23-22(27)17-8-3-2-7-16(17)21(26)20-11-6-14-28-20/h2-11,14H,12-13H2,1H3,(H,23,27). The van der Waals surface area contributed by atoms with Crippen LogP contribution < -0.4 is 5.32 Å². The molecular formula is C22H19N3O2S. The van der Waals surface area contributed by atoms with Crippen LogP contribution in [0.5, 0.6) is 0 Å². The van der Waals surface area contributed by atoms with Gasteiger partial charge in [-0.2, -0.15) is 0 Å². The molecule has 28 heavy (non-hydrogen) atoms. The first-order valence-corrected chi connectivity index (χ1v) is 9.90. The van der Waals surface area contributed by atoms with Crippen LogP contribution >= 0.6 is 11.3 Å². The summed E-state index contributed by atoms with van der Waals surface area (Å²) in [6.07, 6.45) is 0. The van der Waals surface area contributed by atoms with Crippen molar-refractivity contribution in [2.75, 3.05) is 6.54 Å². The third kappa shape index (κ3) is 3.46. The molecule has 0 saturated carbocycles. The maximum atomic E-state index is 12.7. The van der Waals surface area contributed by atoms with Crippen molar-refractivity contribution < 1.29 is 9.59 Å². The highest BCUT2D eigenvalue weighted by atomic mass is 32.1. The number of para-hydroxylation sites is 2. The number of benzene rings is 2. The summed E-state index contributed by atoms with van der Waals surface area (Å²) in [6.45, 7) is 3.01. The fraction of sp³-hybridized carbons (Fsp3) is 0.136. The molecule has 1 amide bonds. The van der Waals surface area contributed by atoms with E-state index in [0.29, 0.717) is 29.1 Å². The number of nitrogens with zero attached hydrogens (tertiary/aromatic N) is 2. The second-order valence-corrected chi connectivity index (χ2v) is 7.35. The summed E-state index contributed by atoms with van der Waals surface area (Å²) in [5.74, 6) is 0.531. The van der Waals surface area contributed by atoms with E-state index in [1.165, 1.54) is 11.3 Å². The van der Waals surface area contributed by atoms with Gasteiger partial charge in [-0.25, -0.2) is 4.98 Å². The molecule has 5 nitrogen and oxygen atoms in total. The van der Waals surface area contributed by atoms with E-state index in [1.54, 1.807) is 30.3 Å². The Morgan fingerprint density at radius 3 is 2.54 bits per heavy atom. The first-order valence-electron chi connectivity index (χ1n) is 9.02. The average molecular weight is 389 g/mol. The van der Waals surface area contributed by atoms with Crippen molar-refractivity contribution in [3.8, 4) is 0 Å². The Hall–Kier alpha value is -3.25. The molecule has 2 heterocycles. The molecule has 0 bridgehead atoms. The number of carbonyl (C=O) groups excluding carboxylic acids is 2. The number of hydrogen-bond donors (Lipinski definition) is 1. The number of amides is 1. The van der Waals surface area contributed by atoms with Gasteiger partial charge in [0.15, 0.2) is 0 Å². The van der Waals surface area contributed by atoms with Crippen molar-refractivity contribution in [3.05, 3.63) is 87.9 Å². The van der Waals surface area contributed by atoms with Gasteiger partial charge in [-0.1, -0.05) is 36.4 Å². The predicted molar refractivity (Wildman–Crippen MR) is 111 cm³/mol. The second kappa shape index (κ2) is 7.78. The van der Waals surface area contributed by atoms with E-state index in [0.717, 1.165) is 16.9 Å². The Kier molecular flexibility index (Phi) is 5.04. The highest BCUT2D eigenvalue weighted by Gasteiger charge is 2.18. The lowest BCUT2D eigenvalue weighted by Gasteiger charge is -2.11. The third-order valence-electron chi connectivity index (χ3n) is 4.63. The summed E-state index contributed by atoms with van der Waals surface area (Å²) in [7, 11) is 0. The van der Waals surface area contributed by atoms with Gasteiger partial charge in [0.1, 0.15) is 5.82 Å². The van der Waals surface area contributed by atoms with Crippen molar-refractivity contribution in [3.63, 3.8) is 0 Å². The topological polar surface area (TPSA) is 64.0 Å². The first kappa shape index (κ1) is 18.1. The summed E-state index contributed by atoms with van der Waals surface area (Å²) in [6, 6.07) is 18.5. The molecule has 4 aromatic rings. The summed E-state index contributed by atoms with van der Waals surface area (Å²) < 4.78 is 2.08. The average Bonchev–Trinajstić information content (AvgIpc) is 3.36. The largest absolute Gasteiger partial charge is 0.350 e. The van der Waals surface area contributed by atoms with Crippen LogP contribution in [0, 0.1) is 6.92 Å². The lowest BCUT2D eigenvalue weighted by molar-refractivity contribution is 0.0941. The number of rotatable bonds is 6. The lowest BCUT2D eigenvalue weighted by atomic mass is 10.0. The number of nitrogens with one attached hydrogen (secondary N) is 1. The number of ketones is 1. The second-order valence-electron chi connectivity index (χ2n) is 6.41. The molecule has 140 valence electrons. The number of aromatic nitrogens is 2. The van der Waals surface area contributed by atoms with Gasteiger partial charge in [-0.05, 0) is 36.6 Å². The SMILES string of the molecule is Cc1nc2ccccc2n1CCNC(=O)c1ccccc1C(=O)c1cccs1. The number of hydrogen-bond acceptors (Lipinski definition) is 4. The molecule has 0 unspecified atom stereocenters. The number of fused-ring (bicyclic) bond motifs is 1. The van der Waals surface area contributed by atoms with E-state index in [-0.39, 0.29) is 11.7 Å². The Balaban J connectivity index is 1.49. The van der Waals surface area contributed by atoms with Gasteiger partial charge in [0.25, 0.3) is 5.91 Å². The quantitative estimate of drug-likeness (QED) is 0.506. The fourth-order valence-electron chi connectivity index (χ4n) is 3.27. The number of aryl methyl sites for hydroxylation is 1. The number of carbonyl (C=O) groups is 2. The van der Waals surface area contributed by atoms with Gasteiger partial charge < -0.3 is 9.88 Å². The highest BCUT2D eigenvalue weighted by molar-refractivity contribution is 7.12. The van der Waals surface area contributed by atoms with E-state index >= 15 is 0 Å². The van der Waals surface area contributed by atoms with E-state index < -0.39 is 0 Å². The van der Waals surface area contributed by atoms with E-state index in [4.69, 9.17) is 0 Å². The Morgan fingerprint density at radius 2 is 1.75 bits per heavy atom. The minimum atomic E-state index is -0.248. The number of thiophene rings is 1. The maximum absolute atomic E-state index is 12.7. The Morgan fingerprint density at radius 1 is 1.00 bits per heavy atom. The summed E-state index contributed by atoms with van der Waals surface area (Å²) in [5, 5.41) is 4.79. The third-order valence-corrected chi connectivity index (χ3v) is 5.50. The summed E-state index contributed by atoms with van der Waals surface area (Å²) in [5.41, 5.74) is 2.81. The molecule has 0 radical (unpaired) electrons. The fourth-order valence-corrected chi connectivity index (χ4v) is 3.95. The van der Waals surface area contributed by atoms with Crippen molar-refractivity contribution in [1.82, 2.24) is 14.9 Å². The van der Waals surface area contributed by atoms with Crippen molar-refractivity contribution in [1.29, 1.82) is 0 Å². The van der Waals surface area contributed by atoms with Crippen LogP contribution in [0.2, 0.25) is 0 Å². The zero-order chi connectivity index (χ0) is 19.5.